The predicted molar refractivity (Wildman–Crippen MR) is 78.9 cm³/mol. The van der Waals surface area contributed by atoms with Gasteiger partial charge in [-0.2, -0.15) is 0 Å². The Bertz CT molecular complexity index is 568. The van der Waals surface area contributed by atoms with E-state index in [1.54, 1.807) is 17.4 Å². The number of piperazine rings is 1. The van der Waals surface area contributed by atoms with Crippen molar-refractivity contribution in [3.63, 3.8) is 0 Å². The lowest BCUT2D eigenvalue weighted by molar-refractivity contribution is 0.281. The van der Waals surface area contributed by atoms with Crippen LogP contribution in [0.2, 0.25) is 0 Å². The SMILES string of the molecule is OCc1cc(F)ccc1N1CCN(c2nccs2)CC1. The van der Waals surface area contributed by atoms with E-state index in [9.17, 15) is 9.50 Å². The lowest BCUT2D eigenvalue weighted by Crippen LogP contribution is -2.46. The first-order valence-electron chi connectivity index (χ1n) is 6.56. The number of nitrogens with zero attached hydrogens (tertiary/aromatic N) is 3. The van der Waals surface area contributed by atoms with Gasteiger partial charge in [0, 0.05) is 49.0 Å². The molecule has 20 heavy (non-hydrogen) atoms. The zero-order chi connectivity index (χ0) is 13.9. The predicted octanol–water partition coefficient (Wildman–Crippen LogP) is 2.10. The highest BCUT2D eigenvalue weighted by atomic mass is 32.1. The number of thiazole rings is 1. The van der Waals surface area contributed by atoms with Crippen molar-refractivity contribution in [1.29, 1.82) is 0 Å². The van der Waals surface area contributed by atoms with Crippen LogP contribution < -0.4 is 9.80 Å². The highest BCUT2D eigenvalue weighted by molar-refractivity contribution is 7.13. The van der Waals surface area contributed by atoms with Crippen molar-refractivity contribution in [3.05, 3.63) is 41.2 Å². The van der Waals surface area contributed by atoms with Crippen LogP contribution in [0.5, 0.6) is 0 Å². The highest BCUT2D eigenvalue weighted by Crippen LogP contribution is 2.25. The number of aromatic nitrogens is 1. The molecule has 1 fully saturated rings. The van der Waals surface area contributed by atoms with Crippen molar-refractivity contribution in [1.82, 2.24) is 4.98 Å². The van der Waals surface area contributed by atoms with Crippen LogP contribution in [0.4, 0.5) is 15.2 Å². The number of hydrogen-bond donors (Lipinski definition) is 1. The smallest absolute Gasteiger partial charge is 0.185 e. The fourth-order valence-electron chi connectivity index (χ4n) is 2.50. The number of benzene rings is 1. The summed E-state index contributed by atoms with van der Waals surface area (Å²) in [5.41, 5.74) is 1.57. The maximum atomic E-state index is 13.2. The van der Waals surface area contributed by atoms with E-state index in [0.29, 0.717) is 5.56 Å². The summed E-state index contributed by atoms with van der Waals surface area (Å²) >= 11 is 1.64. The molecule has 1 aliphatic heterocycles. The van der Waals surface area contributed by atoms with E-state index < -0.39 is 0 Å². The molecule has 2 aromatic rings. The third kappa shape index (κ3) is 2.62. The molecule has 0 saturated carbocycles. The second-order valence-electron chi connectivity index (χ2n) is 4.72. The Labute approximate surface area is 121 Å². The summed E-state index contributed by atoms with van der Waals surface area (Å²) < 4.78 is 13.2. The number of aliphatic hydroxyl groups is 1. The van der Waals surface area contributed by atoms with Crippen LogP contribution in [0.1, 0.15) is 5.56 Å². The third-order valence-corrected chi connectivity index (χ3v) is 4.35. The molecule has 3 rings (SSSR count). The second kappa shape index (κ2) is 5.76. The molecule has 0 radical (unpaired) electrons. The second-order valence-corrected chi connectivity index (χ2v) is 5.59. The molecule has 0 unspecified atom stereocenters. The van der Waals surface area contributed by atoms with Gasteiger partial charge >= 0.3 is 0 Å². The van der Waals surface area contributed by atoms with E-state index in [0.717, 1.165) is 37.0 Å². The van der Waals surface area contributed by atoms with Gasteiger partial charge < -0.3 is 14.9 Å². The third-order valence-electron chi connectivity index (χ3n) is 3.52. The maximum absolute atomic E-state index is 13.2. The molecule has 0 atom stereocenters. The summed E-state index contributed by atoms with van der Waals surface area (Å²) in [6.45, 7) is 3.32. The minimum absolute atomic E-state index is 0.139. The van der Waals surface area contributed by atoms with Gasteiger partial charge in [0.25, 0.3) is 0 Å². The summed E-state index contributed by atoms with van der Waals surface area (Å²) in [4.78, 5) is 8.76. The van der Waals surface area contributed by atoms with E-state index in [1.807, 2.05) is 11.6 Å². The van der Waals surface area contributed by atoms with E-state index in [2.05, 4.69) is 14.8 Å². The molecule has 1 aromatic carbocycles. The molecule has 0 spiro atoms. The zero-order valence-corrected chi connectivity index (χ0v) is 11.8. The molecule has 1 N–H and O–H groups in total. The average molecular weight is 293 g/mol. The molecular weight excluding hydrogens is 277 g/mol. The molecular formula is C14H16FN3OS. The quantitative estimate of drug-likeness (QED) is 0.941. The fourth-order valence-corrected chi connectivity index (χ4v) is 3.20. The van der Waals surface area contributed by atoms with Gasteiger partial charge in [0.1, 0.15) is 5.82 Å². The Morgan fingerprint density at radius 3 is 2.60 bits per heavy atom. The molecule has 4 nitrogen and oxygen atoms in total. The molecule has 6 heteroatoms. The van der Waals surface area contributed by atoms with Crippen LogP contribution in [-0.4, -0.2) is 36.3 Å². The number of aliphatic hydroxyl groups excluding tert-OH is 1. The summed E-state index contributed by atoms with van der Waals surface area (Å²) in [6.07, 6.45) is 1.82. The first-order valence-corrected chi connectivity index (χ1v) is 7.44. The van der Waals surface area contributed by atoms with Crippen molar-refractivity contribution in [2.24, 2.45) is 0 Å². The number of anilines is 2. The van der Waals surface area contributed by atoms with Gasteiger partial charge in [-0.15, -0.1) is 11.3 Å². The van der Waals surface area contributed by atoms with Crippen LogP contribution >= 0.6 is 11.3 Å². The molecule has 2 heterocycles. The summed E-state index contributed by atoms with van der Waals surface area (Å²) in [5, 5.41) is 12.4. The van der Waals surface area contributed by atoms with Gasteiger partial charge in [-0.25, -0.2) is 9.37 Å². The van der Waals surface area contributed by atoms with Gasteiger partial charge in [-0.3, -0.25) is 0 Å². The van der Waals surface area contributed by atoms with Crippen LogP contribution in [-0.2, 0) is 6.61 Å². The lowest BCUT2D eigenvalue weighted by Gasteiger charge is -2.36. The van der Waals surface area contributed by atoms with Gasteiger partial charge in [0.2, 0.25) is 0 Å². The van der Waals surface area contributed by atoms with Gasteiger partial charge in [0.15, 0.2) is 5.13 Å². The lowest BCUT2D eigenvalue weighted by atomic mass is 10.1. The monoisotopic (exact) mass is 293 g/mol. The average Bonchev–Trinajstić information content (AvgIpc) is 3.01. The van der Waals surface area contributed by atoms with Gasteiger partial charge in [-0.1, -0.05) is 0 Å². The highest BCUT2D eigenvalue weighted by Gasteiger charge is 2.20. The van der Waals surface area contributed by atoms with Crippen LogP contribution in [0, 0.1) is 5.82 Å². The standard InChI is InChI=1S/C14H16FN3OS/c15-12-1-2-13(11(9-12)10-19)17-4-6-18(7-5-17)14-16-3-8-20-14/h1-3,8-9,19H,4-7,10H2. The maximum Gasteiger partial charge on any atom is 0.185 e. The molecule has 0 bridgehead atoms. The van der Waals surface area contributed by atoms with Crippen molar-refractivity contribution in [3.8, 4) is 0 Å². The molecule has 0 aliphatic carbocycles. The minimum atomic E-state index is -0.306. The number of rotatable bonds is 3. The van der Waals surface area contributed by atoms with E-state index >= 15 is 0 Å². The fraction of sp³-hybridized carbons (Fsp3) is 0.357. The minimum Gasteiger partial charge on any atom is -0.392 e. The normalized spacial score (nSPS) is 15.7. The first kappa shape index (κ1) is 13.3. The van der Waals surface area contributed by atoms with E-state index in [1.165, 1.54) is 12.1 Å². The zero-order valence-electron chi connectivity index (χ0n) is 11.0. The Kier molecular flexibility index (Phi) is 3.84. The Morgan fingerprint density at radius 2 is 1.95 bits per heavy atom. The summed E-state index contributed by atoms with van der Waals surface area (Å²) in [6, 6.07) is 4.60. The van der Waals surface area contributed by atoms with E-state index in [4.69, 9.17) is 0 Å². The summed E-state index contributed by atoms with van der Waals surface area (Å²) in [5.74, 6) is -0.306. The molecule has 106 valence electrons. The van der Waals surface area contributed by atoms with Crippen molar-refractivity contribution in [2.45, 2.75) is 6.61 Å². The Hall–Kier alpha value is -1.66. The van der Waals surface area contributed by atoms with Crippen LogP contribution in [0.15, 0.2) is 29.8 Å². The van der Waals surface area contributed by atoms with Crippen LogP contribution in [0.25, 0.3) is 0 Å². The first-order chi connectivity index (χ1) is 9.78. The molecule has 1 aliphatic rings. The molecule has 0 amide bonds. The van der Waals surface area contributed by atoms with E-state index in [-0.39, 0.29) is 12.4 Å². The van der Waals surface area contributed by atoms with Crippen molar-refractivity contribution < 1.29 is 9.50 Å². The van der Waals surface area contributed by atoms with Crippen molar-refractivity contribution in [2.75, 3.05) is 36.0 Å². The largest absolute Gasteiger partial charge is 0.392 e. The Balaban J connectivity index is 1.72. The topological polar surface area (TPSA) is 39.6 Å². The van der Waals surface area contributed by atoms with Crippen molar-refractivity contribution >= 4 is 22.2 Å². The van der Waals surface area contributed by atoms with Gasteiger partial charge in [0.05, 0.1) is 6.61 Å². The van der Waals surface area contributed by atoms with Crippen LogP contribution in [0.3, 0.4) is 0 Å². The summed E-state index contributed by atoms with van der Waals surface area (Å²) in [7, 11) is 0. The number of halogens is 1. The van der Waals surface area contributed by atoms with Gasteiger partial charge in [-0.05, 0) is 18.2 Å². The number of hydrogen-bond acceptors (Lipinski definition) is 5. The molecule has 1 aromatic heterocycles. The molecule has 1 saturated heterocycles. The Morgan fingerprint density at radius 1 is 1.20 bits per heavy atom.